The Kier molecular flexibility index (Phi) is 4.83. The van der Waals surface area contributed by atoms with Crippen molar-refractivity contribution in [2.24, 2.45) is 0 Å². The Bertz CT molecular complexity index is 1120. The number of amides is 1. The number of benzene rings is 2. The molecular weight excluding hydrogens is 384 g/mol. The molecule has 146 valence electrons. The summed E-state index contributed by atoms with van der Waals surface area (Å²) in [5.74, 6) is 0.445. The second kappa shape index (κ2) is 7.77. The number of piperazine rings is 1. The van der Waals surface area contributed by atoms with Crippen LogP contribution in [0.4, 0.5) is 0 Å². The Morgan fingerprint density at radius 2 is 1.76 bits per heavy atom. The van der Waals surface area contributed by atoms with Crippen LogP contribution >= 0.6 is 11.3 Å². The van der Waals surface area contributed by atoms with Gasteiger partial charge in [-0.15, -0.1) is 11.3 Å². The molecule has 1 amide bonds. The van der Waals surface area contributed by atoms with E-state index in [1.807, 2.05) is 41.3 Å². The number of rotatable bonds is 4. The lowest BCUT2D eigenvalue weighted by Crippen LogP contribution is -2.47. The molecule has 1 aliphatic rings. The minimum atomic E-state index is -0.00751. The summed E-state index contributed by atoms with van der Waals surface area (Å²) < 4.78 is 6.85. The second-order valence-corrected chi connectivity index (χ2v) is 8.15. The van der Waals surface area contributed by atoms with Gasteiger partial charge in [-0.25, -0.2) is 9.97 Å². The number of hydrogen-bond acceptors (Lipinski definition) is 6. The highest BCUT2D eigenvalue weighted by atomic mass is 32.1. The number of aromatic nitrogens is 2. The van der Waals surface area contributed by atoms with Crippen molar-refractivity contribution in [1.29, 1.82) is 0 Å². The van der Waals surface area contributed by atoms with Gasteiger partial charge >= 0.3 is 0 Å². The molecule has 29 heavy (non-hydrogen) atoms. The van der Waals surface area contributed by atoms with E-state index in [-0.39, 0.29) is 5.91 Å². The third-order valence-corrected chi connectivity index (χ3v) is 6.08. The number of carbonyl (C=O) groups is 1. The highest BCUT2D eigenvalue weighted by molar-refractivity contribution is 7.18. The van der Waals surface area contributed by atoms with Gasteiger partial charge < -0.3 is 9.32 Å². The van der Waals surface area contributed by atoms with Gasteiger partial charge in [0.05, 0.1) is 16.8 Å². The minimum absolute atomic E-state index is 0.00751. The van der Waals surface area contributed by atoms with E-state index >= 15 is 0 Å². The predicted molar refractivity (Wildman–Crippen MR) is 115 cm³/mol. The molecular formula is C22H20N4O2S. The van der Waals surface area contributed by atoms with Crippen LogP contribution in [0, 0.1) is 0 Å². The fourth-order valence-corrected chi connectivity index (χ4v) is 4.52. The largest absolute Gasteiger partial charge is 0.437 e. The van der Waals surface area contributed by atoms with Crippen LogP contribution in [0.2, 0.25) is 0 Å². The first-order chi connectivity index (χ1) is 14.2. The van der Waals surface area contributed by atoms with E-state index in [0.29, 0.717) is 19.0 Å². The van der Waals surface area contributed by atoms with Crippen LogP contribution < -0.4 is 0 Å². The molecule has 1 aliphatic heterocycles. The summed E-state index contributed by atoms with van der Waals surface area (Å²) in [5, 5.41) is 1.13. The topological polar surface area (TPSA) is 62.5 Å². The van der Waals surface area contributed by atoms with E-state index in [9.17, 15) is 4.79 Å². The van der Waals surface area contributed by atoms with E-state index in [4.69, 9.17) is 9.40 Å². The van der Waals surface area contributed by atoms with Crippen LogP contribution in [-0.2, 0) is 11.3 Å². The summed E-state index contributed by atoms with van der Waals surface area (Å²) in [6.45, 7) is 3.94. The van der Waals surface area contributed by atoms with Gasteiger partial charge in [-0.05, 0) is 24.3 Å². The molecule has 6 nitrogen and oxygen atoms in total. The van der Waals surface area contributed by atoms with E-state index in [2.05, 4.69) is 22.0 Å². The highest BCUT2D eigenvalue weighted by Gasteiger charge is 2.20. The zero-order valence-electron chi connectivity index (χ0n) is 15.8. The van der Waals surface area contributed by atoms with Crippen molar-refractivity contribution >= 4 is 44.6 Å². The molecule has 3 heterocycles. The monoisotopic (exact) mass is 404 g/mol. The summed E-state index contributed by atoms with van der Waals surface area (Å²) in [6.07, 6.45) is 3.20. The van der Waals surface area contributed by atoms with Gasteiger partial charge in [0, 0.05) is 38.3 Å². The lowest BCUT2D eigenvalue weighted by molar-refractivity contribution is -0.127. The first-order valence-electron chi connectivity index (χ1n) is 9.64. The number of oxazole rings is 1. The lowest BCUT2D eigenvalue weighted by Gasteiger charge is -2.33. The van der Waals surface area contributed by atoms with Gasteiger partial charge in [-0.3, -0.25) is 9.69 Å². The third-order valence-electron chi connectivity index (χ3n) is 5.06. The number of para-hydroxylation sites is 3. The van der Waals surface area contributed by atoms with Gasteiger partial charge in [-0.1, -0.05) is 24.3 Å². The summed E-state index contributed by atoms with van der Waals surface area (Å²) in [5.41, 5.74) is 2.58. The molecule has 2 aromatic carbocycles. The van der Waals surface area contributed by atoms with Crippen molar-refractivity contribution in [3.05, 3.63) is 65.5 Å². The maximum Gasteiger partial charge on any atom is 0.246 e. The summed E-state index contributed by atoms with van der Waals surface area (Å²) >= 11 is 1.74. The summed E-state index contributed by atoms with van der Waals surface area (Å²) in [7, 11) is 0. The minimum Gasteiger partial charge on any atom is -0.437 e. The quantitative estimate of drug-likeness (QED) is 0.484. The molecule has 0 spiro atoms. The average molecular weight is 404 g/mol. The maximum absolute atomic E-state index is 12.5. The molecule has 0 unspecified atom stereocenters. The zero-order chi connectivity index (χ0) is 19.6. The van der Waals surface area contributed by atoms with Crippen molar-refractivity contribution in [2.45, 2.75) is 6.54 Å². The Hall–Kier alpha value is -3.03. The molecule has 1 fully saturated rings. The smallest absolute Gasteiger partial charge is 0.246 e. The van der Waals surface area contributed by atoms with Gasteiger partial charge in [-0.2, -0.15) is 0 Å². The van der Waals surface area contributed by atoms with Crippen LogP contribution in [-0.4, -0.2) is 51.9 Å². The van der Waals surface area contributed by atoms with Crippen molar-refractivity contribution in [3.63, 3.8) is 0 Å². The van der Waals surface area contributed by atoms with Crippen LogP contribution in [0.15, 0.2) is 59.0 Å². The highest BCUT2D eigenvalue weighted by Crippen LogP contribution is 2.23. The van der Waals surface area contributed by atoms with Gasteiger partial charge in [0.2, 0.25) is 11.8 Å². The van der Waals surface area contributed by atoms with E-state index in [1.165, 1.54) is 4.70 Å². The van der Waals surface area contributed by atoms with Crippen LogP contribution in [0.3, 0.4) is 0 Å². The van der Waals surface area contributed by atoms with E-state index in [0.717, 1.165) is 41.3 Å². The fraction of sp³-hybridized carbons (Fsp3) is 0.227. The molecule has 0 atom stereocenters. The fourth-order valence-electron chi connectivity index (χ4n) is 3.51. The first-order valence-corrected chi connectivity index (χ1v) is 10.5. The molecule has 4 aromatic rings. The maximum atomic E-state index is 12.5. The molecule has 0 N–H and O–H groups in total. The van der Waals surface area contributed by atoms with Gasteiger partial charge in [0.25, 0.3) is 0 Å². The Morgan fingerprint density at radius 1 is 1.00 bits per heavy atom. The lowest BCUT2D eigenvalue weighted by atomic mass is 10.3. The second-order valence-electron chi connectivity index (χ2n) is 7.03. The molecule has 0 saturated carbocycles. The average Bonchev–Trinajstić information content (AvgIpc) is 3.35. The number of fused-ring (bicyclic) bond motifs is 2. The standard InChI is InChI=1S/C22H20N4O2S/c27-22(10-9-20-23-16-5-1-3-7-18(16)28-20)26-13-11-25(12-14-26)15-21-24-17-6-2-4-8-19(17)29-21/h1-10H,11-15H2/b10-9+. The van der Waals surface area contributed by atoms with Crippen LogP contribution in [0.1, 0.15) is 10.9 Å². The number of nitrogens with zero attached hydrogens (tertiary/aromatic N) is 4. The summed E-state index contributed by atoms with van der Waals surface area (Å²) in [4.78, 5) is 25.8. The third kappa shape index (κ3) is 3.92. The SMILES string of the molecule is O=C(/C=C/c1nc2ccccc2o1)N1CCN(Cc2nc3ccccc3s2)CC1. The molecule has 7 heteroatoms. The van der Waals surface area contributed by atoms with Gasteiger partial charge in [0.1, 0.15) is 10.5 Å². The molecule has 5 rings (SSSR count). The van der Waals surface area contributed by atoms with E-state index < -0.39 is 0 Å². The zero-order valence-corrected chi connectivity index (χ0v) is 16.6. The van der Waals surface area contributed by atoms with Crippen LogP contribution in [0.25, 0.3) is 27.4 Å². The Balaban J connectivity index is 1.17. The number of thiazole rings is 1. The molecule has 0 bridgehead atoms. The van der Waals surface area contributed by atoms with Crippen molar-refractivity contribution in [1.82, 2.24) is 19.8 Å². The molecule has 1 saturated heterocycles. The number of carbonyl (C=O) groups excluding carboxylic acids is 1. The number of hydrogen-bond donors (Lipinski definition) is 0. The summed E-state index contributed by atoms with van der Waals surface area (Å²) in [6, 6.07) is 15.8. The van der Waals surface area contributed by atoms with Crippen molar-refractivity contribution in [3.8, 4) is 0 Å². The molecule has 2 aromatic heterocycles. The molecule has 0 radical (unpaired) electrons. The van der Waals surface area contributed by atoms with E-state index in [1.54, 1.807) is 23.5 Å². The van der Waals surface area contributed by atoms with Crippen molar-refractivity contribution in [2.75, 3.05) is 26.2 Å². The Labute approximate surface area is 172 Å². The molecule has 0 aliphatic carbocycles. The van der Waals surface area contributed by atoms with Gasteiger partial charge in [0.15, 0.2) is 5.58 Å². The Morgan fingerprint density at radius 3 is 2.55 bits per heavy atom. The van der Waals surface area contributed by atoms with Crippen LogP contribution in [0.5, 0.6) is 0 Å². The normalized spacial score (nSPS) is 15.7. The van der Waals surface area contributed by atoms with Crippen molar-refractivity contribution < 1.29 is 9.21 Å². The first kappa shape index (κ1) is 18.0. The predicted octanol–water partition coefficient (Wildman–Crippen LogP) is 3.80.